The highest BCUT2D eigenvalue weighted by Gasteiger charge is 2.52. The molecule has 0 aromatic rings. The van der Waals surface area contributed by atoms with Gasteiger partial charge in [-0.3, -0.25) is 4.79 Å². The van der Waals surface area contributed by atoms with Gasteiger partial charge in [0.2, 0.25) is 0 Å². The van der Waals surface area contributed by atoms with Crippen LogP contribution in [0.25, 0.3) is 0 Å². The summed E-state index contributed by atoms with van der Waals surface area (Å²) < 4.78 is 16.8. The topological polar surface area (TPSA) is 126 Å². The summed E-state index contributed by atoms with van der Waals surface area (Å²) >= 11 is 0. The molecule has 0 aromatic carbocycles. The second-order valence-corrected chi connectivity index (χ2v) is 15.2. The molecule has 0 heterocycles. The maximum absolute atomic E-state index is 12.5. The van der Waals surface area contributed by atoms with Gasteiger partial charge in [0, 0.05) is 13.0 Å². The van der Waals surface area contributed by atoms with Gasteiger partial charge >= 0.3 is 5.97 Å². The van der Waals surface area contributed by atoms with E-state index in [4.69, 9.17) is 14.2 Å². The fraction of sp³-hybridized carbons (Fsp3) is 0.976. The van der Waals surface area contributed by atoms with E-state index in [1.54, 1.807) is 0 Å². The van der Waals surface area contributed by atoms with Crippen LogP contribution in [-0.4, -0.2) is 82.8 Å². The quantitative estimate of drug-likeness (QED) is 0.0382. The number of carbonyl (C=O) groups excluding carboxylic acids is 1. The molecule has 1 aliphatic carbocycles. The Balaban J connectivity index is 2.09. The molecule has 0 aliphatic heterocycles. The minimum Gasteiger partial charge on any atom is -0.457 e. The van der Waals surface area contributed by atoms with Gasteiger partial charge in [-0.25, -0.2) is 0 Å². The van der Waals surface area contributed by atoms with Crippen molar-refractivity contribution in [2.24, 2.45) is 5.92 Å². The highest BCUT2D eigenvalue weighted by Crippen LogP contribution is 2.28. The van der Waals surface area contributed by atoms with E-state index in [1.807, 2.05) is 0 Å². The number of esters is 1. The molecule has 1 aliphatic rings. The molecule has 0 saturated heterocycles. The summed E-state index contributed by atoms with van der Waals surface area (Å²) in [6, 6.07) is 0. The lowest BCUT2D eigenvalue weighted by Crippen LogP contribution is -2.41. The molecule has 0 amide bonds. The van der Waals surface area contributed by atoms with Crippen molar-refractivity contribution in [3.05, 3.63) is 0 Å². The lowest BCUT2D eigenvalue weighted by atomic mass is 9.96. The zero-order valence-corrected chi connectivity index (χ0v) is 32.2. The van der Waals surface area contributed by atoms with Crippen molar-refractivity contribution in [2.45, 2.75) is 231 Å². The van der Waals surface area contributed by atoms with Crippen molar-refractivity contribution in [3.63, 3.8) is 0 Å². The van der Waals surface area contributed by atoms with Crippen molar-refractivity contribution in [3.8, 4) is 0 Å². The average molecular weight is 701 g/mol. The number of carbonyl (C=O) groups is 1. The first-order valence-corrected chi connectivity index (χ1v) is 20.9. The summed E-state index contributed by atoms with van der Waals surface area (Å²) in [5.41, 5.74) is 0. The van der Waals surface area contributed by atoms with E-state index in [2.05, 4.69) is 20.8 Å². The Morgan fingerprint density at radius 2 is 0.980 bits per heavy atom. The number of aliphatic hydroxyl groups is 4. The maximum atomic E-state index is 12.5. The van der Waals surface area contributed by atoms with Crippen LogP contribution in [0.2, 0.25) is 0 Å². The molecule has 8 nitrogen and oxygen atoms in total. The number of ether oxygens (including phenoxy) is 3. The van der Waals surface area contributed by atoms with Crippen LogP contribution < -0.4 is 0 Å². The maximum Gasteiger partial charge on any atom is 0.306 e. The molecule has 8 heteroatoms. The summed E-state index contributed by atoms with van der Waals surface area (Å²) in [5, 5.41) is 41.4. The first-order chi connectivity index (χ1) is 23.8. The molecule has 7 atom stereocenters. The molecule has 49 heavy (non-hydrogen) atoms. The standard InChI is InChI=1S/C41H80O8/c1-4-6-8-10-11-12-13-14-15-16-19-22-26-30-36(43)49-41-39(46)37(44)38(45)40(41)48-33-35(42)32-47-31-27-23-20-17-18-21-25-29-34(3)28-24-9-7-5-2/h34-35,37-42,44-46H,4-33H2,1-3H3/t34?,35-,37-,38-,39+,40+,41-/m0/s1. The second kappa shape index (κ2) is 31.9. The van der Waals surface area contributed by atoms with Gasteiger partial charge in [-0.1, -0.05) is 175 Å². The zero-order valence-electron chi connectivity index (χ0n) is 32.2. The predicted octanol–water partition coefficient (Wildman–Crippen LogP) is 8.97. The molecule has 1 rings (SSSR count). The van der Waals surface area contributed by atoms with Crippen LogP contribution in [0.15, 0.2) is 0 Å². The van der Waals surface area contributed by atoms with E-state index >= 15 is 0 Å². The van der Waals surface area contributed by atoms with Crippen LogP contribution in [0.1, 0.15) is 194 Å². The van der Waals surface area contributed by atoms with Gasteiger partial charge in [-0.2, -0.15) is 0 Å². The first kappa shape index (κ1) is 46.3. The van der Waals surface area contributed by atoms with Crippen LogP contribution in [0, 0.1) is 5.92 Å². The molecule has 4 N–H and O–H groups in total. The zero-order chi connectivity index (χ0) is 36.0. The molecule has 0 spiro atoms. The lowest BCUT2D eigenvalue weighted by Gasteiger charge is -2.24. The summed E-state index contributed by atoms with van der Waals surface area (Å²) in [7, 11) is 0. The normalized spacial score (nSPS) is 22.1. The largest absolute Gasteiger partial charge is 0.457 e. The Morgan fingerprint density at radius 1 is 0.551 bits per heavy atom. The molecule has 1 saturated carbocycles. The average Bonchev–Trinajstić information content (AvgIpc) is 3.28. The smallest absolute Gasteiger partial charge is 0.306 e. The van der Waals surface area contributed by atoms with Crippen LogP contribution >= 0.6 is 0 Å². The molecular formula is C41H80O8. The fourth-order valence-corrected chi connectivity index (χ4v) is 6.94. The summed E-state index contributed by atoms with van der Waals surface area (Å²) in [4.78, 5) is 12.5. The lowest BCUT2D eigenvalue weighted by molar-refractivity contribution is -0.168. The van der Waals surface area contributed by atoms with E-state index in [0.29, 0.717) is 13.0 Å². The Kier molecular flexibility index (Phi) is 30.1. The second-order valence-electron chi connectivity index (χ2n) is 15.2. The van der Waals surface area contributed by atoms with E-state index < -0.39 is 42.6 Å². The summed E-state index contributed by atoms with van der Waals surface area (Å²) in [6.07, 6.45) is 25.1. The Hall–Kier alpha value is -0.770. The van der Waals surface area contributed by atoms with Crippen LogP contribution in [-0.2, 0) is 19.0 Å². The molecule has 0 aromatic heterocycles. The van der Waals surface area contributed by atoms with Gasteiger partial charge in [0.15, 0.2) is 6.10 Å². The number of unbranched alkanes of at least 4 members (excludes halogenated alkanes) is 21. The molecule has 292 valence electrons. The number of hydrogen-bond donors (Lipinski definition) is 4. The number of rotatable bonds is 35. The van der Waals surface area contributed by atoms with Crippen LogP contribution in [0.4, 0.5) is 0 Å². The molecule has 1 unspecified atom stereocenters. The van der Waals surface area contributed by atoms with Crippen molar-refractivity contribution >= 4 is 5.97 Å². The monoisotopic (exact) mass is 701 g/mol. The van der Waals surface area contributed by atoms with Crippen molar-refractivity contribution < 1.29 is 39.4 Å². The minimum absolute atomic E-state index is 0.0913. The third-order valence-electron chi connectivity index (χ3n) is 10.3. The van der Waals surface area contributed by atoms with Crippen molar-refractivity contribution in [1.29, 1.82) is 0 Å². The van der Waals surface area contributed by atoms with Crippen LogP contribution in [0.5, 0.6) is 0 Å². The molecule has 1 fully saturated rings. The summed E-state index contributed by atoms with van der Waals surface area (Å²) in [5.74, 6) is 0.382. The van der Waals surface area contributed by atoms with Gasteiger partial charge in [0.25, 0.3) is 0 Å². The highest BCUT2D eigenvalue weighted by atomic mass is 16.6. The Morgan fingerprint density at radius 3 is 1.51 bits per heavy atom. The van der Waals surface area contributed by atoms with Gasteiger partial charge in [-0.05, 0) is 18.8 Å². The van der Waals surface area contributed by atoms with Gasteiger partial charge in [-0.15, -0.1) is 0 Å². The van der Waals surface area contributed by atoms with Crippen LogP contribution in [0.3, 0.4) is 0 Å². The fourth-order valence-electron chi connectivity index (χ4n) is 6.94. The van der Waals surface area contributed by atoms with Crippen molar-refractivity contribution in [2.75, 3.05) is 19.8 Å². The van der Waals surface area contributed by atoms with Gasteiger partial charge in [0.05, 0.1) is 13.2 Å². The summed E-state index contributed by atoms with van der Waals surface area (Å²) in [6.45, 7) is 7.41. The third-order valence-corrected chi connectivity index (χ3v) is 10.3. The van der Waals surface area contributed by atoms with Gasteiger partial charge < -0.3 is 34.6 Å². The first-order valence-electron chi connectivity index (χ1n) is 20.9. The van der Waals surface area contributed by atoms with E-state index in [0.717, 1.165) is 31.6 Å². The van der Waals surface area contributed by atoms with Crippen molar-refractivity contribution in [1.82, 2.24) is 0 Å². The Labute approximate surface area is 301 Å². The Bertz CT molecular complexity index is 736. The molecule has 0 bridgehead atoms. The number of aliphatic hydroxyl groups excluding tert-OH is 4. The third kappa shape index (κ3) is 24.2. The van der Waals surface area contributed by atoms with E-state index in [9.17, 15) is 25.2 Å². The predicted molar refractivity (Wildman–Crippen MR) is 200 cm³/mol. The van der Waals surface area contributed by atoms with Gasteiger partial charge in [0.1, 0.15) is 30.5 Å². The number of hydrogen-bond acceptors (Lipinski definition) is 8. The van der Waals surface area contributed by atoms with E-state index in [1.165, 1.54) is 135 Å². The molecular weight excluding hydrogens is 620 g/mol. The SMILES string of the molecule is CCCCCCCCCCCCCCCC(=O)O[C@H]1[C@H](O)[C@@H](O)[C@H](O)[C@H]1OC[C@@H](O)COCCCCCCCCCC(C)CCCCCC. The molecule has 0 radical (unpaired) electrons. The minimum atomic E-state index is -1.49. The van der Waals surface area contributed by atoms with E-state index in [-0.39, 0.29) is 19.6 Å². The highest BCUT2D eigenvalue weighted by molar-refractivity contribution is 5.69.